The van der Waals surface area contributed by atoms with E-state index in [1.54, 1.807) is 11.0 Å². The molecule has 1 N–H and O–H groups in total. The number of hydrogen-bond acceptors (Lipinski definition) is 9. The first kappa shape index (κ1) is 27.5. The van der Waals surface area contributed by atoms with Crippen LogP contribution in [0.25, 0.3) is 11.6 Å². The van der Waals surface area contributed by atoms with Crippen molar-refractivity contribution in [2.24, 2.45) is 0 Å². The Morgan fingerprint density at radius 2 is 2.00 bits per heavy atom. The Morgan fingerprint density at radius 1 is 1.18 bits per heavy atom. The van der Waals surface area contributed by atoms with Crippen LogP contribution in [0, 0.1) is 6.92 Å². The van der Waals surface area contributed by atoms with Crippen molar-refractivity contribution in [1.29, 1.82) is 0 Å². The average molecular weight is 556 g/mol. The summed E-state index contributed by atoms with van der Waals surface area (Å²) in [6.07, 6.45) is 6.14. The third kappa shape index (κ3) is 7.31. The number of aromatic nitrogens is 4. The van der Waals surface area contributed by atoms with Crippen LogP contribution in [0.4, 0.5) is 0 Å². The highest BCUT2D eigenvalue weighted by Crippen LogP contribution is 2.28. The molecule has 0 radical (unpaired) electrons. The molecule has 1 aliphatic carbocycles. The molecule has 12 heteroatoms. The van der Waals surface area contributed by atoms with Crippen molar-refractivity contribution in [2.45, 2.75) is 64.1 Å². The van der Waals surface area contributed by atoms with Gasteiger partial charge in [0.2, 0.25) is 17.6 Å². The van der Waals surface area contributed by atoms with Gasteiger partial charge in [0.05, 0.1) is 13.2 Å². The van der Waals surface area contributed by atoms with Gasteiger partial charge in [0.1, 0.15) is 18.3 Å². The second-order valence-electron chi connectivity index (χ2n) is 10.2. The van der Waals surface area contributed by atoms with Crippen LogP contribution in [0.2, 0.25) is 0 Å². The van der Waals surface area contributed by atoms with Gasteiger partial charge in [0.25, 0.3) is 0 Å². The summed E-state index contributed by atoms with van der Waals surface area (Å²) in [6, 6.07) is 6.90. The molecule has 11 nitrogen and oxygen atoms in total. The number of amides is 2. The average Bonchev–Trinajstić information content (AvgIpc) is 3.72. The lowest BCUT2D eigenvalue weighted by atomic mass is 9.95. The van der Waals surface area contributed by atoms with Gasteiger partial charge in [-0.05, 0) is 55.0 Å². The van der Waals surface area contributed by atoms with E-state index in [2.05, 4.69) is 25.6 Å². The van der Waals surface area contributed by atoms with Crippen LogP contribution >= 0.6 is 11.3 Å². The predicted octanol–water partition coefficient (Wildman–Crippen LogP) is 3.04. The summed E-state index contributed by atoms with van der Waals surface area (Å²) in [5.41, 5.74) is 0. The Morgan fingerprint density at radius 3 is 2.72 bits per heavy atom. The smallest absolute Gasteiger partial charge is 0.248 e. The van der Waals surface area contributed by atoms with E-state index in [4.69, 9.17) is 9.15 Å². The van der Waals surface area contributed by atoms with Crippen LogP contribution < -0.4 is 5.32 Å². The molecule has 1 saturated carbocycles. The number of carbonyl (C=O) groups is 2. The molecule has 2 aliphatic rings. The lowest BCUT2D eigenvalue weighted by molar-refractivity contribution is -0.142. The molecule has 0 bridgehead atoms. The summed E-state index contributed by atoms with van der Waals surface area (Å²) >= 11 is 1.49. The van der Waals surface area contributed by atoms with Gasteiger partial charge in [0, 0.05) is 37.1 Å². The number of ether oxygens (including phenoxy) is 1. The maximum absolute atomic E-state index is 13.8. The van der Waals surface area contributed by atoms with Gasteiger partial charge < -0.3 is 19.4 Å². The van der Waals surface area contributed by atoms with Gasteiger partial charge in [0.15, 0.2) is 5.76 Å². The molecule has 210 valence electrons. The molecule has 4 heterocycles. The number of hydrogen-bond donors (Lipinski definition) is 1. The molecule has 3 aromatic heterocycles. The second-order valence-corrected chi connectivity index (χ2v) is 11.2. The van der Waals surface area contributed by atoms with E-state index in [9.17, 15) is 9.59 Å². The highest BCUT2D eigenvalue weighted by atomic mass is 32.1. The van der Waals surface area contributed by atoms with Gasteiger partial charge >= 0.3 is 0 Å². The lowest BCUT2D eigenvalue weighted by Gasteiger charge is -2.33. The van der Waals surface area contributed by atoms with Gasteiger partial charge in [-0.2, -0.15) is 4.80 Å². The fourth-order valence-electron chi connectivity index (χ4n) is 5.26. The Labute approximate surface area is 232 Å². The second kappa shape index (κ2) is 13.3. The van der Waals surface area contributed by atoms with E-state index in [-0.39, 0.29) is 24.4 Å². The Kier molecular flexibility index (Phi) is 9.38. The third-order valence-corrected chi connectivity index (χ3v) is 8.24. The molecule has 1 atom stereocenters. The summed E-state index contributed by atoms with van der Waals surface area (Å²) in [4.78, 5) is 33.8. The van der Waals surface area contributed by atoms with E-state index < -0.39 is 6.04 Å². The minimum absolute atomic E-state index is 0.122. The maximum atomic E-state index is 13.8. The fourth-order valence-corrected chi connectivity index (χ4v) is 6.10. The van der Waals surface area contributed by atoms with Gasteiger partial charge in [-0.25, -0.2) is 0 Å². The first-order chi connectivity index (χ1) is 19.1. The number of rotatable bonds is 11. The molecule has 1 aliphatic heterocycles. The van der Waals surface area contributed by atoms with E-state index in [0.717, 1.165) is 75.6 Å². The zero-order valence-electron chi connectivity index (χ0n) is 22.5. The van der Waals surface area contributed by atoms with Crippen LogP contribution in [0.15, 0.2) is 34.1 Å². The van der Waals surface area contributed by atoms with Crippen LogP contribution in [-0.2, 0) is 20.9 Å². The molecule has 1 saturated heterocycles. The van der Waals surface area contributed by atoms with Gasteiger partial charge in [-0.15, -0.1) is 21.5 Å². The van der Waals surface area contributed by atoms with E-state index >= 15 is 0 Å². The predicted molar refractivity (Wildman–Crippen MR) is 146 cm³/mol. The summed E-state index contributed by atoms with van der Waals surface area (Å²) in [5.74, 6) is 1.21. The topological polar surface area (TPSA) is 119 Å². The number of carbonyl (C=O) groups excluding carboxylic acids is 2. The Balaban J connectivity index is 1.34. The first-order valence-corrected chi connectivity index (χ1v) is 14.7. The number of tetrazole rings is 1. The largest absolute Gasteiger partial charge is 0.458 e. The maximum Gasteiger partial charge on any atom is 0.248 e. The lowest BCUT2D eigenvalue weighted by Crippen LogP contribution is -2.48. The molecular weight excluding hydrogens is 518 g/mol. The summed E-state index contributed by atoms with van der Waals surface area (Å²) in [7, 11) is 0. The number of nitrogens with zero attached hydrogens (tertiary/aromatic N) is 6. The van der Waals surface area contributed by atoms with E-state index in [1.807, 2.05) is 30.5 Å². The SMILES string of the molecule is Cc1ccc(-c2nnn(CC(=O)N(CCCN3CCOCC3)[C@@H](C(=O)NC3CCCCC3)c3cccs3)n2)o1. The number of thiophene rings is 1. The Bertz CT molecular complexity index is 1200. The molecule has 0 aromatic carbocycles. The molecule has 0 spiro atoms. The third-order valence-electron chi connectivity index (χ3n) is 7.31. The molecule has 2 fully saturated rings. The first-order valence-electron chi connectivity index (χ1n) is 13.8. The zero-order valence-corrected chi connectivity index (χ0v) is 23.3. The molecule has 0 unspecified atom stereocenters. The number of nitrogens with one attached hydrogen (secondary N) is 1. The van der Waals surface area contributed by atoms with E-state index in [0.29, 0.717) is 18.1 Å². The van der Waals surface area contributed by atoms with Crippen LogP contribution in [0.5, 0.6) is 0 Å². The Hall–Kier alpha value is -3.09. The van der Waals surface area contributed by atoms with E-state index in [1.165, 1.54) is 22.6 Å². The molecule has 39 heavy (non-hydrogen) atoms. The van der Waals surface area contributed by atoms with Crippen molar-refractivity contribution in [1.82, 2.24) is 35.3 Å². The van der Waals surface area contributed by atoms with Crippen molar-refractivity contribution in [3.8, 4) is 11.6 Å². The number of furan rings is 1. The van der Waals surface area contributed by atoms with Crippen molar-refractivity contribution < 1.29 is 18.7 Å². The summed E-state index contributed by atoms with van der Waals surface area (Å²) in [5, 5.41) is 17.7. The quantitative estimate of drug-likeness (QED) is 0.384. The highest BCUT2D eigenvalue weighted by Gasteiger charge is 2.34. The zero-order chi connectivity index (χ0) is 27.0. The highest BCUT2D eigenvalue weighted by molar-refractivity contribution is 7.10. The minimum Gasteiger partial charge on any atom is -0.458 e. The fraction of sp³-hybridized carbons (Fsp3) is 0.593. The van der Waals surface area contributed by atoms with Crippen LogP contribution in [-0.4, -0.2) is 87.3 Å². The number of morpholine rings is 1. The molecule has 3 aromatic rings. The van der Waals surface area contributed by atoms with Gasteiger partial charge in [-0.3, -0.25) is 14.5 Å². The summed E-state index contributed by atoms with van der Waals surface area (Å²) in [6.45, 7) is 6.19. The summed E-state index contributed by atoms with van der Waals surface area (Å²) < 4.78 is 11.1. The van der Waals surface area contributed by atoms with Gasteiger partial charge in [-0.1, -0.05) is 25.3 Å². The molecule has 5 rings (SSSR count). The van der Waals surface area contributed by atoms with Crippen molar-refractivity contribution in [2.75, 3.05) is 39.4 Å². The minimum atomic E-state index is -0.708. The standard InChI is InChI=1S/C27H37N7O4S/c1-20-10-11-22(38-20)26-29-31-34(30-26)19-24(35)33(13-6-12-32-14-16-37-17-15-32)25(23-9-5-18-39-23)27(36)28-21-7-3-2-4-8-21/h5,9-11,18,21,25H,2-4,6-8,12-17,19H2,1H3,(H,28,36)/t25-/m1/s1. The van der Waals surface area contributed by atoms with Crippen molar-refractivity contribution in [3.63, 3.8) is 0 Å². The van der Waals surface area contributed by atoms with Crippen molar-refractivity contribution >= 4 is 23.2 Å². The van der Waals surface area contributed by atoms with Crippen LogP contribution in [0.3, 0.4) is 0 Å². The normalized spacial score (nSPS) is 17.7. The molecule has 2 amide bonds. The number of aryl methyl sites for hydroxylation is 1. The van der Waals surface area contributed by atoms with Crippen molar-refractivity contribution in [3.05, 3.63) is 40.3 Å². The molecular formula is C27H37N7O4S. The van der Waals surface area contributed by atoms with Crippen LogP contribution in [0.1, 0.15) is 55.2 Å². The monoisotopic (exact) mass is 555 g/mol.